The number of Topliss-reactive ketones (excluding diaryl/α,β-unsaturated/α-hetero) is 1. The fourth-order valence-electron chi connectivity index (χ4n) is 0.637. The van der Waals surface area contributed by atoms with Crippen LogP contribution in [0, 0.1) is 0 Å². The summed E-state index contributed by atoms with van der Waals surface area (Å²) in [5.41, 5.74) is 0.139. The van der Waals surface area contributed by atoms with Gasteiger partial charge in [-0.15, -0.1) is 0 Å². The minimum absolute atomic E-state index is 0.139. The van der Waals surface area contributed by atoms with E-state index in [2.05, 4.69) is 4.98 Å². The number of rotatable bonds is 1. The van der Waals surface area contributed by atoms with E-state index >= 15 is 0 Å². The van der Waals surface area contributed by atoms with Crippen molar-refractivity contribution in [2.24, 2.45) is 0 Å². The molecule has 4 nitrogen and oxygen atoms in total. The molecule has 0 saturated heterocycles. The Morgan fingerprint density at radius 1 is 1.45 bits per heavy atom. The first-order valence-electron chi connectivity index (χ1n) is 3.01. The Morgan fingerprint density at radius 2 is 2.09 bits per heavy atom. The number of hydrogen-bond acceptors (Lipinski definition) is 4. The summed E-state index contributed by atoms with van der Waals surface area (Å²) in [6, 6.07) is 2.57. The SMILES string of the molecule is CC(=O)c1ccc(O)c(O)n1. The number of carbonyl (C=O) groups is 1. The number of ketones is 1. The lowest BCUT2D eigenvalue weighted by molar-refractivity contribution is 0.101. The topological polar surface area (TPSA) is 70.4 Å². The van der Waals surface area contributed by atoms with Gasteiger partial charge in [0.25, 0.3) is 5.88 Å². The van der Waals surface area contributed by atoms with E-state index in [0.717, 1.165) is 0 Å². The van der Waals surface area contributed by atoms with Crippen LogP contribution in [0.1, 0.15) is 17.4 Å². The average Bonchev–Trinajstić information content (AvgIpc) is 1.94. The number of pyridine rings is 1. The van der Waals surface area contributed by atoms with Gasteiger partial charge in [-0.2, -0.15) is 0 Å². The maximum absolute atomic E-state index is 10.7. The van der Waals surface area contributed by atoms with Gasteiger partial charge in [0.15, 0.2) is 11.5 Å². The summed E-state index contributed by atoms with van der Waals surface area (Å²) in [7, 11) is 0. The van der Waals surface area contributed by atoms with Crippen LogP contribution in [0.3, 0.4) is 0 Å². The summed E-state index contributed by atoms with van der Waals surface area (Å²) in [5, 5.41) is 17.6. The molecule has 58 valence electrons. The van der Waals surface area contributed by atoms with E-state index < -0.39 is 5.88 Å². The zero-order valence-corrected chi connectivity index (χ0v) is 5.90. The van der Waals surface area contributed by atoms with Crippen LogP contribution in [0.15, 0.2) is 12.1 Å². The van der Waals surface area contributed by atoms with E-state index in [1.807, 2.05) is 0 Å². The molecule has 0 radical (unpaired) electrons. The van der Waals surface area contributed by atoms with Crippen molar-refractivity contribution < 1.29 is 15.0 Å². The fourth-order valence-corrected chi connectivity index (χ4v) is 0.637. The molecular formula is C7H7NO3. The van der Waals surface area contributed by atoms with E-state index in [1.165, 1.54) is 19.1 Å². The van der Waals surface area contributed by atoms with Crippen LogP contribution < -0.4 is 0 Å². The van der Waals surface area contributed by atoms with Crippen LogP contribution in [0.5, 0.6) is 11.6 Å². The Bertz CT molecular complexity index is 296. The van der Waals surface area contributed by atoms with Crippen LogP contribution in [-0.2, 0) is 0 Å². The Kier molecular flexibility index (Phi) is 1.76. The minimum Gasteiger partial charge on any atom is -0.503 e. The van der Waals surface area contributed by atoms with E-state index in [-0.39, 0.29) is 17.2 Å². The number of nitrogens with zero attached hydrogens (tertiary/aromatic N) is 1. The first-order valence-corrected chi connectivity index (χ1v) is 3.01. The van der Waals surface area contributed by atoms with Gasteiger partial charge in [-0.05, 0) is 12.1 Å². The van der Waals surface area contributed by atoms with Crippen LogP contribution >= 0.6 is 0 Å². The van der Waals surface area contributed by atoms with E-state index in [9.17, 15) is 4.79 Å². The zero-order valence-electron chi connectivity index (χ0n) is 5.90. The van der Waals surface area contributed by atoms with Gasteiger partial charge in [0.05, 0.1) is 0 Å². The van der Waals surface area contributed by atoms with Gasteiger partial charge in [-0.25, -0.2) is 4.98 Å². The molecule has 1 rings (SSSR count). The summed E-state index contributed by atoms with van der Waals surface area (Å²) >= 11 is 0. The molecule has 0 saturated carbocycles. The Hall–Kier alpha value is -1.58. The van der Waals surface area contributed by atoms with E-state index in [0.29, 0.717) is 0 Å². The lowest BCUT2D eigenvalue weighted by Crippen LogP contribution is -1.95. The molecule has 0 spiro atoms. The quantitative estimate of drug-likeness (QED) is 0.582. The molecule has 0 atom stereocenters. The largest absolute Gasteiger partial charge is 0.503 e. The highest BCUT2D eigenvalue weighted by Gasteiger charge is 2.04. The van der Waals surface area contributed by atoms with Crippen molar-refractivity contribution in [2.45, 2.75) is 6.92 Å². The predicted octanol–water partition coefficient (Wildman–Crippen LogP) is 0.695. The van der Waals surface area contributed by atoms with Crippen LogP contribution in [0.25, 0.3) is 0 Å². The van der Waals surface area contributed by atoms with Crippen LogP contribution in [-0.4, -0.2) is 21.0 Å². The Labute approximate surface area is 63.1 Å². The van der Waals surface area contributed by atoms with Gasteiger partial charge in [-0.1, -0.05) is 0 Å². The normalized spacial score (nSPS) is 9.55. The van der Waals surface area contributed by atoms with Crippen molar-refractivity contribution in [1.82, 2.24) is 4.98 Å². The maximum atomic E-state index is 10.7. The first kappa shape index (κ1) is 7.53. The molecule has 11 heavy (non-hydrogen) atoms. The highest BCUT2D eigenvalue weighted by Crippen LogP contribution is 2.20. The molecule has 0 aliphatic heterocycles. The summed E-state index contributed by atoms with van der Waals surface area (Å²) in [5.74, 6) is -1.09. The van der Waals surface area contributed by atoms with E-state index in [1.54, 1.807) is 0 Å². The second kappa shape index (κ2) is 2.57. The molecule has 0 fully saturated rings. The molecule has 1 aromatic rings. The lowest BCUT2D eigenvalue weighted by Gasteiger charge is -1.97. The predicted molar refractivity (Wildman–Crippen MR) is 37.6 cm³/mol. The van der Waals surface area contributed by atoms with Gasteiger partial charge in [0, 0.05) is 6.92 Å². The lowest BCUT2D eigenvalue weighted by atomic mass is 10.3. The molecule has 0 amide bonds. The summed E-state index contributed by atoms with van der Waals surface area (Å²) < 4.78 is 0. The molecule has 0 aliphatic rings. The smallest absolute Gasteiger partial charge is 0.254 e. The van der Waals surface area contributed by atoms with E-state index in [4.69, 9.17) is 10.2 Å². The van der Waals surface area contributed by atoms with Gasteiger partial charge in [-0.3, -0.25) is 4.79 Å². The van der Waals surface area contributed by atoms with Crippen molar-refractivity contribution in [3.8, 4) is 11.6 Å². The molecule has 0 aromatic carbocycles. The molecule has 2 N–H and O–H groups in total. The first-order chi connectivity index (χ1) is 5.11. The Morgan fingerprint density at radius 3 is 2.55 bits per heavy atom. The summed E-state index contributed by atoms with van der Waals surface area (Å²) in [6.07, 6.45) is 0. The molecule has 1 heterocycles. The van der Waals surface area contributed by atoms with Gasteiger partial charge in [0.1, 0.15) is 5.69 Å². The van der Waals surface area contributed by atoms with Crippen molar-refractivity contribution in [3.63, 3.8) is 0 Å². The second-order valence-electron chi connectivity index (χ2n) is 2.10. The van der Waals surface area contributed by atoms with Crippen LogP contribution in [0.2, 0.25) is 0 Å². The van der Waals surface area contributed by atoms with Gasteiger partial charge < -0.3 is 10.2 Å². The number of aromatic nitrogens is 1. The number of hydrogen-bond donors (Lipinski definition) is 2. The standard InChI is InChI=1S/C7H7NO3/c1-4(9)5-2-3-6(10)7(11)8-5/h2-3,10H,1H3,(H,8,11). The van der Waals surface area contributed by atoms with Crippen LogP contribution in [0.4, 0.5) is 0 Å². The third-order valence-corrected chi connectivity index (χ3v) is 1.22. The third kappa shape index (κ3) is 1.46. The molecule has 0 bridgehead atoms. The van der Waals surface area contributed by atoms with Crippen molar-refractivity contribution in [3.05, 3.63) is 17.8 Å². The second-order valence-corrected chi connectivity index (χ2v) is 2.10. The van der Waals surface area contributed by atoms with Gasteiger partial charge >= 0.3 is 0 Å². The number of carbonyl (C=O) groups excluding carboxylic acids is 1. The highest BCUT2D eigenvalue weighted by atomic mass is 16.3. The van der Waals surface area contributed by atoms with Gasteiger partial charge in [0.2, 0.25) is 0 Å². The molecule has 4 heteroatoms. The molecular weight excluding hydrogens is 146 g/mol. The molecule has 1 aromatic heterocycles. The molecule has 0 unspecified atom stereocenters. The monoisotopic (exact) mass is 153 g/mol. The minimum atomic E-state index is -0.516. The number of aromatic hydroxyl groups is 2. The fraction of sp³-hybridized carbons (Fsp3) is 0.143. The zero-order chi connectivity index (χ0) is 8.43. The van der Waals surface area contributed by atoms with Crippen molar-refractivity contribution in [2.75, 3.05) is 0 Å². The highest BCUT2D eigenvalue weighted by molar-refractivity contribution is 5.92. The third-order valence-electron chi connectivity index (χ3n) is 1.22. The van der Waals surface area contributed by atoms with Crippen molar-refractivity contribution in [1.29, 1.82) is 0 Å². The Balaban J connectivity index is 3.15. The van der Waals surface area contributed by atoms with Crippen molar-refractivity contribution >= 4 is 5.78 Å². The maximum Gasteiger partial charge on any atom is 0.254 e. The summed E-state index contributed by atoms with van der Waals surface area (Å²) in [6.45, 7) is 1.33. The average molecular weight is 153 g/mol. The molecule has 0 aliphatic carbocycles. The summed E-state index contributed by atoms with van der Waals surface area (Å²) in [4.78, 5) is 14.1.